The lowest BCUT2D eigenvalue weighted by Crippen LogP contribution is -2.02. The molecule has 0 saturated heterocycles. The Morgan fingerprint density at radius 2 is 1.53 bits per heavy atom. The zero-order chi connectivity index (χ0) is 21.1. The SMILES string of the molecule is C=C(C)/C=C(/c1ccccc1)c1ccc2c(c1C)CCC(=C)C=C2c1ccccc1. The second-order valence-corrected chi connectivity index (χ2v) is 8.12. The normalized spacial score (nSPS) is 14.0. The molecule has 0 N–H and O–H groups in total. The molecule has 0 unspecified atom stereocenters. The van der Waals surface area contributed by atoms with Crippen LogP contribution in [-0.2, 0) is 6.42 Å². The first-order valence-electron chi connectivity index (χ1n) is 10.6. The van der Waals surface area contributed by atoms with Crippen molar-refractivity contribution in [2.24, 2.45) is 0 Å². The Balaban J connectivity index is 1.91. The molecule has 0 aromatic heterocycles. The molecule has 0 nitrogen and oxygen atoms in total. The van der Waals surface area contributed by atoms with E-state index in [1.807, 2.05) is 0 Å². The smallest absolute Gasteiger partial charge is 0.0106 e. The zero-order valence-corrected chi connectivity index (χ0v) is 17.9. The molecule has 148 valence electrons. The van der Waals surface area contributed by atoms with E-state index in [1.165, 1.54) is 50.1 Å². The van der Waals surface area contributed by atoms with Gasteiger partial charge in [-0.15, -0.1) is 0 Å². The van der Waals surface area contributed by atoms with Gasteiger partial charge in [0.15, 0.2) is 0 Å². The van der Waals surface area contributed by atoms with Crippen molar-refractivity contribution in [2.75, 3.05) is 0 Å². The zero-order valence-electron chi connectivity index (χ0n) is 17.9. The van der Waals surface area contributed by atoms with Crippen LogP contribution in [0.4, 0.5) is 0 Å². The first-order chi connectivity index (χ1) is 14.5. The van der Waals surface area contributed by atoms with Gasteiger partial charge in [-0.25, -0.2) is 0 Å². The van der Waals surface area contributed by atoms with Crippen LogP contribution in [0.1, 0.15) is 46.7 Å². The highest BCUT2D eigenvalue weighted by atomic mass is 14.2. The van der Waals surface area contributed by atoms with Crippen molar-refractivity contribution in [2.45, 2.75) is 26.7 Å². The average molecular weight is 389 g/mol. The van der Waals surface area contributed by atoms with E-state index < -0.39 is 0 Å². The van der Waals surface area contributed by atoms with Gasteiger partial charge >= 0.3 is 0 Å². The molecule has 4 rings (SSSR count). The molecule has 0 bridgehead atoms. The molecule has 1 aliphatic carbocycles. The van der Waals surface area contributed by atoms with Gasteiger partial charge in [-0.3, -0.25) is 0 Å². The van der Waals surface area contributed by atoms with E-state index >= 15 is 0 Å². The fourth-order valence-corrected chi connectivity index (χ4v) is 4.30. The molecule has 0 amide bonds. The van der Waals surface area contributed by atoms with Crippen LogP contribution >= 0.6 is 0 Å². The van der Waals surface area contributed by atoms with Crippen molar-refractivity contribution < 1.29 is 0 Å². The fraction of sp³-hybridized carbons (Fsp3) is 0.133. The maximum absolute atomic E-state index is 4.31. The van der Waals surface area contributed by atoms with Crippen molar-refractivity contribution in [3.8, 4) is 0 Å². The van der Waals surface area contributed by atoms with Gasteiger partial charge in [0, 0.05) is 0 Å². The molecule has 0 radical (unpaired) electrons. The summed E-state index contributed by atoms with van der Waals surface area (Å²) >= 11 is 0. The van der Waals surface area contributed by atoms with Crippen LogP contribution in [-0.4, -0.2) is 0 Å². The van der Waals surface area contributed by atoms with E-state index in [0.29, 0.717) is 0 Å². The number of rotatable bonds is 4. The summed E-state index contributed by atoms with van der Waals surface area (Å²) < 4.78 is 0. The van der Waals surface area contributed by atoms with E-state index in [9.17, 15) is 0 Å². The summed E-state index contributed by atoms with van der Waals surface area (Å²) in [4.78, 5) is 0. The summed E-state index contributed by atoms with van der Waals surface area (Å²) in [5, 5.41) is 0. The summed E-state index contributed by atoms with van der Waals surface area (Å²) in [6.45, 7) is 12.8. The molecule has 0 atom stereocenters. The summed E-state index contributed by atoms with van der Waals surface area (Å²) in [6.07, 6.45) is 6.46. The fourth-order valence-electron chi connectivity index (χ4n) is 4.30. The van der Waals surface area contributed by atoms with E-state index in [-0.39, 0.29) is 0 Å². The first-order valence-corrected chi connectivity index (χ1v) is 10.6. The van der Waals surface area contributed by atoms with E-state index in [0.717, 1.165) is 18.4 Å². The molecule has 0 fully saturated rings. The Kier molecular flexibility index (Phi) is 5.68. The van der Waals surface area contributed by atoms with Crippen molar-refractivity contribution in [3.63, 3.8) is 0 Å². The van der Waals surface area contributed by atoms with E-state index in [2.05, 4.69) is 112 Å². The maximum Gasteiger partial charge on any atom is -0.0106 e. The van der Waals surface area contributed by atoms with Gasteiger partial charge < -0.3 is 0 Å². The topological polar surface area (TPSA) is 0 Å². The van der Waals surface area contributed by atoms with Crippen LogP contribution in [0.5, 0.6) is 0 Å². The minimum Gasteiger partial charge on any atom is -0.0961 e. The van der Waals surface area contributed by atoms with E-state index in [1.54, 1.807) is 0 Å². The Hall–Kier alpha value is -3.38. The van der Waals surface area contributed by atoms with Gasteiger partial charge in [-0.1, -0.05) is 109 Å². The highest BCUT2D eigenvalue weighted by Gasteiger charge is 2.19. The van der Waals surface area contributed by atoms with Crippen molar-refractivity contribution in [1.29, 1.82) is 0 Å². The van der Waals surface area contributed by atoms with Crippen LogP contribution in [0.25, 0.3) is 11.1 Å². The standard InChI is InChI=1S/C30H28/c1-21(2)19-29(24-11-7-5-8-12-24)27-17-18-28-26(23(27)4)16-15-22(3)20-30(28)25-13-9-6-10-14-25/h5-14,17-20H,1,3,15-16H2,2,4H3/b29-19-. The summed E-state index contributed by atoms with van der Waals surface area (Å²) in [7, 11) is 0. The molecule has 1 aliphatic rings. The van der Waals surface area contributed by atoms with Gasteiger partial charge in [0.1, 0.15) is 0 Å². The monoisotopic (exact) mass is 388 g/mol. The second kappa shape index (κ2) is 8.55. The van der Waals surface area contributed by atoms with Crippen molar-refractivity contribution in [1.82, 2.24) is 0 Å². The number of allylic oxidation sites excluding steroid dienone is 4. The minimum atomic E-state index is 0.985. The van der Waals surface area contributed by atoms with Gasteiger partial charge in [-0.2, -0.15) is 0 Å². The molecule has 0 heterocycles. The van der Waals surface area contributed by atoms with Crippen molar-refractivity contribution >= 4 is 11.1 Å². The highest BCUT2D eigenvalue weighted by Crippen LogP contribution is 2.37. The molecule has 0 spiro atoms. The van der Waals surface area contributed by atoms with Crippen LogP contribution in [0.2, 0.25) is 0 Å². The predicted molar refractivity (Wildman–Crippen MR) is 130 cm³/mol. The van der Waals surface area contributed by atoms with Crippen LogP contribution < -0.4 is 0 Å². The van der Waals surface area contributed by atoms with Gasteiger partial charge in [-0.05, 0) is 71.2 Å². The Bertz CT molecular complexity index is 1160. The largest absolute Gasteiger partial charge is 0.0961 e. The predicted octanol–water partition coefficient (Wildman–Crippen LogP) is 7.94. The lowest BCUT2D eigenvalue weighted by molar-refractivity contribution is 0.961. The Morgan fingerprint density at radius 3 is 2.20 bits per heavy atom. The molecule has 0 aliphatic heterocycles. The first kappa shape index (κ1) is 19.9. The summed E-state index contributed by atoms with van der Waals surface area (Å²) in [5.74, 6) is 0. The van der Waals surface area contributed by atoms with Gasteiger partial charge in [0.2, 0.25) is 0 Å². The highest BCUT2D eigenvalue weighted by molar-refractivity contribution is 5.88. The third-order valence-corrected chi connectivity index (χ3v) is 5.78. The lowest BCUT2D eigenvalue weighted by Gasteiger charge is -2.19. The third kappa shape index (κ3) is 4.00. The minimum absolute atomic E-state index is 0.985. The van der Waals surface area contributed by atoms with Crippen LogP contribution in [0.3, 0.4) is 0 Å². The van der Waals surface area contributed by atoms with Crippen LogP contribution in [0, 0.1) is 6.92 Å². The Labute approximate surface area is 180 Å². The Morgan fingerprint density at radius 1 is 0.867 bits per heavy atom. The third-order valence-electron chi connectivity index (χ3n) is 5.78. The van der Waals surface area contributed by atoms with E-state index in [4.69, 9.17) is 0 Å². The quantitative estimate of drug-likeness (QED) is 0.398. The number of hydrogen-bond acceptors (Lipinski definition) is 0. The molecule has 3 aromatic rings. The molecule has 3 aromatic carbocycles. The van der Waals surface area contributed by atoms with Crippen molar-refractivity contribution in [3.05, 3.63) is 143 Å². The van der Waals surface area contributed by atoms with Gasteiger partial charge in [0.25, 0.3) is 0 Å². The molecular formula is C30H28. The number of benzene rings is 3. The molecule has 30 heavy (non-hydrogen) atoms. The maximum atomic E-state index is 4.31. The van der Waals surface area contributed by atoms with Crippen LogP contribution in [0.15, 0.2) is 109 Å². The number of fused-ring (bicyclic) bond motifs is 1. The lowest BCUT2D eigenvalue weighted by atomic mass is 9.85. The molecule has 0 heteroatoms. The molecular weight excluding hydrogens is 360 g/mol. The van der Waals surface area contributed by atoms with Gasteiger partial charge in [0.05, 0.1) is 0 Å². The molecule has 0 saturated carbocycles. The summed E-state index contributed by atoms with van der Waals surface area (Å²) in [6, 6.07) is 25.8. The number of hydrogen-bond donors (Lipinski definition) is 0. The average Bonchev–Trinajstić information content (AvgIpc) is 2.93. The summed E-state index contributed by atoms with van der Waals surface area (Å²) in [5.41, 5.74) is 12.6. The second-order valence-electron chi connectivity index (χ2n) is 8.12.